The van der Waals surface area contributed by atoms with E-state index in [1.54, 1.807) is 4.52 Å². The van der Waals surface area contributed by atoms with E-state index in [1.165, 1.54) is 0 Å². The molecule has 3 aromatic rings. The summed E-state index contributed by atoms with van der Waals surface area (Å²) in [5.41, 5.74) is 5.84. The number of fused-ring (bicyclic) bond motifs is 2. The van der Waals surface area contributed by atoms with Gasteiger partial charge in [-0.15, -0.1) is 0 Å². The molecule has 106 valence electrons. The van der Waals surface area contributed by atoms with E-state index in [0.29, 0.717) is 10.2 Å². The molecule has 2 heterocycles. The summed E-state index contributed by atoms with van der Waals surface area (Å²) >= 11 is 12.9. The van der Waals surface area contributed by atoms with Gasteiger partial charge in [-0.2, -0.15) is 5.10 Å². The van der Waals surface area contributed by atoms with Crippen LogP contribution in [0, 0.1) is 6.92 Å². The number of nitrogens with zero attached hydrogens (tertiary/aromatic N) is 3. The van der Waals surface area contributed by atoms with Crippen molar-refractivity contribution in [2.24, 2.45) is 0 Å². The number of benzene rings is 1. The van der Waals surface area contributed by atoms with Gasteiger partial charge in [0.2, 0.25) is 0 Å². The Morgan fingerprint density at radius 3 is 2.76 bits per heavy atom. The average molecular weight is 318 g/mol. The van der Waals surface area contributed by atoms with Crippen LogP contribution in [0.1, 0.15) is 23.4 Å². The molecule has 0 radical (unpaired) electrons. The second kappa shape index (κ2) is 4.72. The molecule has 0 saturated heterocycles. The first-order valence-electron chi connectivity index (χ1n) is 6.98. The molecule has 0 spiro atoms. The predicted molar refractivity (Wildman–Crippen MR) is 85.2 cm³/mol. The monoisotopic (exact) mass is 317 g/mol. The Bertz CT molecular complexity index is 868. The Kier molecular flexibility index (Phi) is 2.95. The Hall–Kier alpha value is -1.58. The van der Waals surface area contributed by atoms with Crippen LogP contribution in [-0.2, 0) is 12.8 Å². The van der Waals surface area contributed by atoms with Crippen molar-refractivity contribution in [2.45, 2.75) is 26.2 Å². The molecule has 0 saturated carbocycles. The lowest BCUT2D eigenvalue weighted by Gasteiger charge is -2.06. The summed E-state index contributed by atoms with van der Waals surface area (Å²) in [5.74, 6) is 0. The molecule has 4 rings (SSSR count). The van der Waals surface area contributed by atoms with Crippen molar-refractivity contribution in [3.05, 3.63) is 51.4 Å². The third kappa shape index (κ3) is 1.88. The Balaban J connectivity index is 2.09. The number of halogens is 2. The summed E-state index contributed by atoms with van der Waals surface area (Å²) in [6.07, 6.45) is 3.07. The van der Waals surface area contributed by atoms with Gasteiger partial charge in [-0.25, -0.2) is 9.50 Å². The molecule has 0 unspecified atom stereocenters. The van der Waals surface area contributed by atoms with E-state index in [9.17, 15) is 0 Å². The van der Waals surface area contributed by atoms with Crippen LogP contribution in [0.5, 0.6) is 0 Å². The molecule has 1 aliphatic carbocycles. The van der Waals surface area contributed by atoms with Crippen LogP contribution in [0.3, 0.4) is 0 Å². The zero-order valence-electron chi connectivity index (χ0n) is 11.5. The highest BCUT2D eigenvalue weighted by Gasteiger charge is 2.23. The smallest absolute Gasteiger partial charge is 0.165 e. The standard InChI is InChI=1S/C16H13Cl2N3/c1-9-14(10-5-2-3-7-12(10)17)16-19-13-8-4-6-11(13)15(18)21(16)20-9/h2-3,5,7H,4,6,8H2,1H3. The molecule has 0 amide bonds. The lowest BCUT2D eigenvalue weighted by atomic mass is 10.1. The van der Waals surface area contributed by atoms with Crippen molar-refractivity contribution < 1.29 is 0 Å². The minimum absolute atomic E-state index is 0.689. The van der Waals surface area contributed by atoms with Gasteiger partial charge in [0.1, 0.15) is 5.15 Å². The summed E-state index contributed by atoms with van der Waals surface area (Å²) < 4.78 is 1.75. The highest BCUT2D eigenvalue weighted by molar-refractivity contribution is 6.33. The summed E-state index contributed by atoms with van der Waals surface area (Å²) in [4.78, 5) is 4.81. The fourth-order valence-corrected chi connectivity index (χ4v) is 3.62. The van der Waals surface area contributed by atoms with Gasteiger partial charge in [0.25, 0.3) is 0 Å². The van der Waals surface area contributed by atoms with Gasteiger partial charge >= 0.3 is 0 Å². The normalized spacial score (nSPS) is 13.9. The first kappa shape index (κ1) is 13.1. The molecule has 0 fully saturated rings. The molecule has 0 bridgehead atoms. The molecule has 2 aromatic heterocycles. The van der Waals surface area contributed by atoms with Gasteiger partial charge < -0.3 is 0 Å². The Morgan fingerprint density at radius 2 is 1.95 bits per heavy atom. The summed E-state index contributed by atoms with van der Waals surface area (Å²) in [7, 11) is 0. The maximum Gasteiger partial charge on any atom is 0.165 e. The first-order chi connectivity index (χ1) is 10.2. The van der Waals surface area contributed by atoms with Crippen molar-refractivity contribution in [1.82, 2.24) is 14.6 Å². The van der Waals surface area contributed by atoms with Crippen LogP contribution >= 0.6 is 23.2 Å². The van der Waals surface area contributed by atoms with Crippen LogP contribution in [0.4, 0.5) is 0 Å². The van der Waals surface area contributed by atoms with Crippen LogP contribution in [0.2, 0.25) is 10.2 Å². The van der Waals surface area contributed by atoms with E-state index in [0.717, 1.165) is 53.0 Å². The zero-order valence-corrected chi connectivity index (χ0v) is 13.0. The largest absolute Gasteiger partial charge is 0.233 e. The molecule has 3 nitrogen and oxygen atoms in total. The van der Waals surface area contributed by atoms with E-state index >= 15 is 0 Å². The van der Waals surface area contributed by atoms with Gasteiger partial charge in [-0.3, -0.25) is 0 Å². The quantitative estimate of drug-likeness (QED) is 0.618. The third-order valence-corrected chi connectivity index (χ3v) is 4.76. The third-order valence-electron chi connectivity index (χ3n) is 4.04. The Labute approximate surface area is 132 Å². The number of aromatic nitrogens is 3. The molecular weight excluding hydrogens is 305 g/mol. The minimum Gasteiger partial charge on any atom is -0.233 e. The number of aryl methyl sites for hydroxylation is 2. The summed E-state index contributed by atoms with van der Waals surface area (Å²) in [6, 6.07) is 7.77. The van der Waals surface area contributed by atoms with Crippen LogP contribution in [0.15, 0.2) is 24.3 Å². The zero-order chi connectivity index (χ0) is 14.6. The number of rotatable bonds is 1. The van der Waals surface area contributed by atoms with E-state index in [-0.39, 0.29) is 0 Å². The molecule has 21 heavy (non-hydrogen) atoms. The molecule has 0 atom stereocenters. The highest BCUT2D eigenvalue weighted by atomic mass is 35.5. The molecular formula is C16H13Cl2N3. The van der Waals surface area contributed by atoms with Gasteiger partial charge in [0.05, 0.1) is 11.3 Å². The fraction of sp³-hybridized carbons (Fsp3) is 0.250. The van der Waals surface area contributed by atoms with Gasteiger partial charge in [0, 0.05) is 21.8 Å². The van der Waals surface area contributed by atoms with E-state index in [2.05, 4.69) is 5.10 Å². The van der Waals surface area contributed by atoms with Gasteiger partial charge in [-0.05, 0) is 32.3 Å². The number of hydrogen-bond acceptors (Lipinski definition) is 2. The van der Waals surface area contributed by atoms with E-state index in [1.807, 2.05) is 31.2 Å². The molecule has 0 N–H and O–H groups in total. The molecule has 0 aliphatic heterocycles. The van der Waals surface area contributed by atoms with E-state index in [4.69, 9.17) is 28.2 Å². The second-order valence-electron chi connectivity index (χ2n) is 5.36. The van der Waals surface area contributed by atoms with Crippen LogP contribution in [-0.4, -0.2) is 14.6 Å². The first-order valence-corrected chi connectivity index (χ1v) is 7.74. The van der Waals surface area contributed by atoms with Crippen LogP contribution in [0.25, 0.3) is 16.8 Å². The lowest BCUT2D eigenvalue weighted by Crippen LogP contribution is -1.99. The van der Waals surface area contributed by atoms with Gasteiger partial charge in [0.15, 0.2) is 5.65 Å². The number of hydrogen-bond donors (Lipinski definition) is 0. The van der Waals surface area contributed by atoms with Crippen molar-refractivity contribution >= 4 is 28.8 Å². The van der Waals surface area contributed by atoms with Crippen molar-refractivity contribution in [3.8, 4) is 11.1 Å². The molecule has 1 aromatic carbocycles. The van der Waals surface area contributed by atoms with E-state index < -0.39 is 0 Å². The maximum atomic E-state index is 6.53. The lowest BCUT2D eigenvalue weighted by molar-refractivity contribution is 0.896. The van der Waals surface area contributed by atoms with Crippen molar-refractivity contribution in [1.29, 1.82) is 0 Å². The second-order valence-corrected chi connectivity index (χ2v) is 6.12. The SMILES string of the molecule is Cc1nn2c(Cl)c3c(nc2c1-c1ccccc1Cl)CCC3. The van der Waals surface area contributed by atoms with Crippen molar-refractivity contribution in [3.63, 3.8) is 0 Å². The van der Waals surface area contributed by atoms with Crippen LogP contribution < -0.4 is 0 Å². The summed E-state index contributed by atoms with van der Waals surface area (Å²) in [5, 5.41) is 5.96. The highest BCUT2D eigenvalue weighted by Crippen LogP contribution is 2.36. The van der Waals surface area contributed by atoms with Gasteiger partial charge in [-0.1, -0.05) is 41.4 Å². The van der Waals surface area contributed by atoms with Crippen molar-refractivity contribution in [2.75, 3.05) is 0 Å². The summed E-state index contributed by atoms with van der Waals surface area (Å²) in [6.45, 7) is 1.97. The molecule has 5 heteroatoms. The predicted octanol–water partition coefficient (Wildman–Crippen LogP) is 4.50. The minimum atomic E-state index is 0.689. The topological polar surface area (TPSA) is 30.2 Å². The maximum absolute atomic E-state index is 6.53. The average Bonchev–Trinajstić information content (AvgIpc) is 3.05. The molecule has 1 aliphatic rings. The Morgan fingerprint density at radius 1 is 1.14 bits per heavy atom. The fourth-order valence-electron chi connectivity index (χ4n) is 3.06.